The van der Waals surface area contributed by atoms with Gasteiger partial charge < -0.3 is 56.0 Å². The maximum Gasteiger partial charge on any atom is 1.00 e. The minimum absolute atomic E-state index is 0. The molecule has 0 atom stereocenters. The van der Waals surface area contributed by atoms with Crippen LogP contribution in [-0.2, 0) is 36.9 Å². The van der Waals surface area contributed by atoms with Crippen LogP contribution >= 0.6 is 0 Å². The summed E-state index contributed by atoms with van der Waals surface area (Å²) in [5, 5.41) is 32.9. The molecule has 0 aliphatic carbocycles. The van der Waals surface area contributed by atoms with E-state index in [1.807, 2.05) is 0 Å². The van der Waals surface area contributed by atoms with Crippen LogP contribution in [0.4, 0.5) is 11.6 Å². The van der Waals surface area contributed by atoms with E-state index in [9.17, 15) is 39.7 Å². The number of imidazole rings is 2. The van der Waals surface area contributed by atoms with Crippen molar-refractivity contribution in [3.63, 3.8) is 0 Å². The van der Waals surface area contributed by atoms with Crippen LogP contribution in [0.5, 0.6) is 0 Å². The Bertz CT molecular complexity index is 1040. The summed E-state index contributed by atoms with van der Waals surface area (Å²) < 4.78 is 12.4. The number of carboxylic acid groups (broad SMARTS) is 1. The zero-order valence-corrected chi connectivity index (χ0v) is 23.3. The van der Waals surface area contributed by atoms with Crippen molar-refractivity contribution in [3.8, 4) is 0 Å². The molecule has 2 aromatic rings. The van der Waals surface area contributed by atoms with Crippen molar-refractivity contribution in [3.05, 3.63) is 44.3 Å². The Morgan fingerprint density at radius 3 is 1.49 bits per heavy atom. The van der Waals surface area contributed by atoms with E-state index in [1.54, 1.807) is 0 Å². The van der Waals surface area contributed by atoms with Crippen molar-refractivity contribution < 1.29 is 84.8 Å². The first-order valence-corrected chi connectivity index (χ1v) is 10.1. The van der Waals surface area contributed by atoms with Gasteiger partial charge in [-0.3, -0.25) is 14.5 Å². The van der Waals surface area contributed by atoms with Crippen LogP contribution in [0.3, 0.4) is 0 Å². The van der Waals surface area contributed by atoms with Gasteiger partial charge in [-0.05, 0) is 9.85 Å². The molecule has 0 saturated heterocycles. The smallest absolute Gasteiger partial charge is 0.549 e. The maximum atomic E-state index is 12.1. The maximum absolute atomic E-state index is 12.1. The minimum Gasteiger partial charge on any atom is -0.549 e. The second kappa shape index (κ2) is 18.7. The Labute approximate surface area is 242 Å². The van der Waals surface area contributed by atoms with Crippen molar-refractivity contribution in [1.29, 1.82) is 0 Å². The molecule has 2 rings (SSSR count). The van der Waals surface area contributed by atoms with Crippen molar-refractivity contribution >= 4 is 29.5 Å². The summed E-state index contributed by atoms with van der Waals surface area (Å²) in [6, 6.07) is 0. The Morgan fingerprint density at radius 1 is 0.821 bits per heavy atom. The third-order valence-electron chi connectivity index (χ3n) is 4.66. The van der Waals surface area contributed by atoms with Crippen LogP contribution in [0, 0.1) is 34.1 Å². The Morgan fingerprint density at radius 2 is 1.18 bits per heavy atom. The number of hydrogen-bond acceptors (Lipinski definition) is 13. The van der Waals surface area contributed by atoms with Crippen molar-refractivity contribution in [2.75, 3.05) is 32.8 Å². The second-order valence-corrected chi connectivity index (χ2v) is 7.10. The summed E-state index contributed by atoms with van der Waals surface area (Å²) in [4.78, 5) is 64.4. The molecule has 20 nitrogen and oxygen atoms in total. The monoisotopic (exact) mass is 573 g/mol. The Hall–Kier alpha value is -3.53. The molecular formula is C18H28N7NaO13. The quantitative estimate of drug-likeness (QED) is 0.0878. The van der Waals surface area contributed by atoms with E-state index in [1.165, 1.54) is 23.0 Å². The molecule has 0 amide bonds. The Balaban J connectivity index is -0.00000324. The fraction of sp³-hybridized carbons (Fsp3) is 0.500. The number of carbonyl (C=O) groups is 3. The topological polar surface area (TPSA) is 312 Å². The van der Waals surface area contributed by atoms with E-state index >= 15 is 0 Å². The molecule has 0 saturated carbocycles. The number of ether oxygens (including phenoxy) is 2. The normalized spacial score (nSPS) is 9.72. The van der Waals surface area contributed by atoms with E-state index in [2.05, 4.69) is 9.97 Å². The number of esters is 2. The molecule has 0 bridgehead atoms. The molecule has 0 radical (unpaired) electrons. The number of aromatic nitrogens is 4. The number of nitro groups is 2. The van der Waals surface area contributed by atoms with Gasteiger partial charge in [-0.15, -0.1) is 0 Å². The van der Waals surface area contributed by atoms with Gasteiger partial charge in [0.05, 0.1) is 19.1 Å². The van der Waals surface area contributed by atoms with Crippen molar-refractivity contribution in [2.24, 2.45) is 0 Å². The summed E-state index contributed by atoms with van der Waals surface area (Å²) in [6.07, 6.45) is 2.13. The van der Waals surface area contributed by atoms with Crippen molar-refractivity contribution in [2.45, 2.75) is 26.9 Å². The van der Waals surface area contributed by atoms with Gasteiger partial charge in [0.2, 0.25) is 0 Å². The second-order valence-electron chi connectivity index (χ2n) is 7.10. The van der Waals surface area contributed by atoms with Gasteiger partial charge in [-0.2, -0.15) is 0 Å². The molecule has 39 heavy (non-hydrogen) atoms. The van der Waals surface area contributed by atoms with E-state index < -0.39 is 47.4 Å². The predicted molar refractivity (Wildman–Crippen MR) is 121 cm³/mol. The largest absolute Gasteiger partial charge is 1.00 e. The van der Waals surface area contributed by atoms with Gasteiger partial charge in [0.15, 0.2) is 11.6 Å². The molecule has 0 fully saturated rings. The Kier molecular flexibility index (Phi) is 19.1. The standard InChI is InChI=1S/C18H23N7O10.Na.3H2O/c1-12-19-7-14(24(30)31)22(12)3-5-34-17(28)10-21(9-16(26)27)11-18(29)35-6-4-23-13(2)20-8-15(23)25(32)33;;;;/h7-8H,3-6,9-11H2,1-2H3,(H,26,27);;3*1H2/q;+1;;;/p-1. The van der Waals surface area contributed by atoms with E-state index in [0.29, 0.717) is 11.6 Å². The van der Waals surface area contributed by atoms with Crippen LogP contribution in [0.15, 0.2) is 12.4 Å². The van der Waals surface area contributed by atoms with Gasteiger partial charge >= 0.3 is 53.1 Å². The summed E-state index contributed by atoms with van der Waals surface area (Å²) in [7, 11) is 0. The SMILES string of the molecule is Cc1ncc([N+](=O)[O-])n1CCOC(=O)CN(CC(=O)[O-])CC(=O)OCCn1c([N+](=O)[O-])cnc1C.O.O.O.[Na+]. The number of hydrogen-bond donors (Lipinski definition) is 0. The summed E-state index contributed by atoms with van der Waals surface area (Å²) >= 11 is 0. The summed E-state index contributed by atoms with van der Waals surface area (Å²) in [6.45, 7) is 0.463. The third kappa shape index (κ3) is 12.2. The van der Waals surface area contributed by atoms with Gasteiger partial charge in [-0.1, -0.05) is 0 Å². The van der Waals surface area contributed by atoms with Crippen LogP contribution < -0.4 is 34.7 Å². The average Bonchev–Trinajstić information content (AvgIpc) is 3.30. The van der Waals surface area contributed by atoms with Crippen LogP contribution in [0.2, 0.25) is 0 Å². The molecule has 2 aromatic heterocycles. The number of nitrogens with zero attached hydrogens (tertiary/aromatic N) is 7. The van der Waals surface area contributed by atoms with Gasteiger partial charge in [-0.25, -0.2) is 19.1 Å². The van der Waals surface area contributed by atoms with E-state index in [4.69, 9.17) is 9.47 Å². The first kappa shape index (κ1) is 40.0. The number of carbonyl (C=O) groups excluding carboxylic acids is 3. The molecule has 214 valence electrons. The number of aliphatic carboxylic acids is 1. The third-order valence-corrected chi connectivity index (χ3v) is 4.66. The van der Waals surface area contributed by atoms with Crippen LogP contribution in [0.1, 0.15) is 11.6 Å². The molecule has 0 aromatic carbocycles. The van der Waals surface area contributed by atoms with E-state index in [-0.39, 0.29) is 83.9 Å². The molecule has 0 unspecified atom stereocenters. The van der Waals surface area contributed by atoms with Gasteiger partial charge in [0, 0.05) is 20.4 Å². The number of carboxylic acids is 1. The molecule has 0 spiro atoms. The molecule has 21 heteroatoms. The molecule has 0 aliphatic heterocycles. The van der Waals surface area contributed by atoms with Crippen LogP contribution in [0.25, 0.3) is 0 Å². The minimum atomic E-state index is -1.56. The predicted octanol–water partition coefficient (Wildman–Crippen LogP) is -7.12. The average molecular weight is 573 g/mol. The molecule has 2 heterocycles. The van der Waals surface area contributed by atoms with Gasteiger partial charge in [0.1, 0.15) is 38.7 Å². The first-order chi connectivity index (χ1) is 16.5. The zero-order valence-electron chi connectivity index (χ0n) is 21.3. The summed E-state index contributed by atoms with van der Waals surface area (Å²) in [5.74, 6) is -3.21. The van der Waals surface area contributed by atoms with E-state index in [0.717, 1.165) is 17.3 Å². The summed E-state index contributed by atoms with van der Waals surface area (Å²) in [5.41, 5.74) is 0. The fourth-order valence-electron chi connectivity index (χ4n) is 3.06. The van der Waals surface area contributed by atoms with Gasteiger partial charge in [0.25, 0.3) is 0 Å². The fourth-order valence-corrected chi connectivity index (χ4v) is 3.06. The zero-order chi connectivity index (χ0) is 26.1. The first-order valence-electron chi connectivity index (χ1n) is 10.1. The molecule has 0 aliphatic rings. The van der Waals surface area contributed by atoms with Crippen molar-refractivity contribution in [1.82, 2.24) is 24.0 Å². The van der Waals surface area contributed by atoms with Crippen LogP contribution in [-0.4, -0.2) is 101 Å². The molecule has 6 N–H and O–H groups in total. The molecular weight excluding hydrogens is 545 g/mol. The number of aryl methyl sites for hydroxylation is 2. The number of rotatable bonds is 14.